The van der Waals surface area contributed by atoms with Crippen molar-refractivity contribution in [3.8, 4) is 0 Å². The van der Waals surface area contributed by atoms with Crippen LogP contribution in [-0.2, 0) is 14.0 Å². The van der Waals surface area contributed by atoms with Crippen LogP contribution >= 0.6 is 0 Å². The first-order valence-electron chi connectivity index (χ1n) is 9.21. The van der Waals surface area contributed by atoms with Crippen molar-refractivity contribution in [2.45, 2.75) is 91.5 Å². The van der Waals surface area contributed by atoms with Gasteiger partial charge in [0.05, 0.1) is 12.9 Å². The third-order valence-corrected chi connectivity index (χ3v) is 10.8. The van der Waals surface area contributed by atoms with Gasteiger partial charge in [-0.3, -0.25) is 0 Å². The molecule has 0 radical (unpaired) electrons. The summed E-state index contributed by atoms with van der Waals surface area (Å²) in [5.74, 6) is -0.364. The van der Waals surface area contributed by atoms with E-state index >= 15 is 0 Å². The fraction of sp³-hybridized carbons (Fsp3) is 0.842. The number of rotatable bonds is 10. The first-order valence-corrected chi connectivity index (χ1v) is 11.4. The van der Waals surface area contributed by atoms with Crippen LogP contribution in [0, 0.1) is 5.92 Å². The number of carbonyl (C=O) groups is 1. The summed E-state index contributed by atoms with van der Waals surface area (Å²) in [5.41, 5.74) is 2.40. The van der Waals surface area contributed by atoms with Gasteiger partial charge in [-0.1, -0.05) is 55.4 Å². The van der Waals surface area contributed by atoms with E-state index in [4.69, 9.17) is 9.16 Å². The van der Waals surface area contributed by atoms with Gasteiger partial charge in [-0.15, -0.1) is 0 Å². The molecule has 1 atom stereocenters. The summed E-state index contributed by atoms with van der Waals surface area (Å²) in [7, 11) is -2.00. The van der Waals surface area contributed by atoms with Crippen LogP contribution in [0.25, 0.3) is 0 Å². The lowest BCUT2D eigenvalue weighted by atomic mass is 9.98. The van der Waals surface area contributed by atoms with E-state index in [-0.39, 0.29) is 18.9 Å². The summed E-state index contributed by atoms with van der Waals surface area (Å²) >= 11 is 0. The third-order valence-electron chi connectivity index (χ3n) is 4.85. The van der Waals surface area contributed by atoms with Crippen molar-refractivity contribution >= 4 is 14.3 Å². The Bertz CT molecular complexity index is 392. The smallest absolute Gasteiger partial charge is 0.335 e. The standard InChI is InChI=1S/C19H38O4Si/c1-10-22-19(21)18(20)11-17(13(2)3)12-23-24(14(4)5,15(6)7)16(8)9/h12-16,18,20H,10-11H2,1-9H3/b17-12-. The normalized spacial score (nSPS) is 14.7. The van der Waals surface area contributed by atoms with Crippen LogP contribution in [-0.4, -0.2) is 32.1 Å². The number of hydrogen-bond acceptors (Lipinski definition) is 4. The van der Waals surface area contributed by atoms with E-state index in [0.29, 0.717) is 16.6 Å². The van der Waals surface area contributed by atoms with Gasteiger partial charge in [-0.05, 0) is 35.0 Å². The number of ether oxygens (including phenoxy) is 1. The molecule has 4 nitrogen and oxygen atoms in total. The molecule has 0 aromatic rings. The minimum atomic E-state index is -2.00. The summed E-state index contributed by atoms with van der Waals surface area (Å²) in [4.78, 5) is 11.7. The van der Waals surface area contributed by atoms with Crippen LogP contribution in [0.15, 0.2) is 11.8 Å². The predicted molar refractivity (Wildman–Crippen MR) is 102 cm³/mol. The molecule has 142 valence electrons. The molecule has 0 fully saturated rings. The Balaban J connectivity index is 5.41. The Morgan fingerprint density at radius 1 is 1.00 bits per heavy atom. The molecule has 0 rings (SSSR count). The van der Waals surface area contributed by atoms with E-state index in [1.165, 1.54) is 0 Å². The van der Waals surface area contributed by atoms with E-state index in [2.05, 4.69) is 55.4 Å². The van der Waals surface area contributed by atoms with Crippen molar-refractivity contribution in [1.82, 2.24) is 0 Å². The molecule has 0 bridgehead atoms. The van der Waals surface area contributed by atoms with Gasteiger partial charge < -0.3 is 14.3 Å². The topological polar surface area (TPSA) is 55.8 Å². The molecular formula is C19H38O4Si. The van der Waals surface area contributed by atoms with Gasteiger partial charge in [0.15, 0.2) is 6.10 Å². The maximum Gasteiger partial charge on any atom is 0.335 e. The van der Waals surface area contributed by atoms with Gasteiger partial charge in [-0.25, -0.2) is 4.79 Å². The van der Waals surface area contributed by atoms with E-state index in [0.717, 1.165) is 5.57 Å². The van der Waals surface area contributed by atoms with Gasteiger partial charge in [-0.2, -0.15) is 0 Å². The number of aliphatic hydroxyl groups excluding tert-OH is 1. The molecule has 24 heavy (non-hydrogen) atoms. The Hall–Kier alpha value is -0.813. The molecular weight excluding hydrogens is 320 g/mol. The van der Waals surface area contributed by atoms with Gasteiger partial charge in [0.25, 0.3) is 8.32 Å². The molecule has 0 aromatic carbocycles. The first kappa shape index (κ1) is 23.2. The van der Waals surface area contributed by atoms with Gasteiger partial charge in [0.1, 0.15) is 0 Å². The molecule has 0 aliphatic heterocycles. The number of aliphatic hydroxyl groups is 1. The molecule has 1 N–H and O–H groups in total. The van der Waals surface area contributed by atoms with Crippen LogP contribution in [0.2, 0.25) is 16.6 Å². The number of esters is 1. The van der Waals surface area contributed by atoms with E-state index in [1.54, 1.807) is 6.92 Å². The molecule has 0 saturated heterocycles. The maximum absolute atomic E-state index is 11.7. The van der Waals surface area contributed by atoms with Crippen molar-refractivity contribution in [2.75, 3.05) is 6.61 Å². The Kier molecular flexibility index (Phi) is 9.89. The van der Waals surface area contributed by atoms with Crippen LogP contribution in [0.4, 0.5) is 0 Å². The lowest BCUT2D eigenvalue weighted by Gasteiger charge is -2.41. The molecule has 0 spiro atoms. The second-order valence-electron chi connectivity index (χ2n) is 7.75. The quantitative estimate of drug-likeness (QED) is 0.338. The Morgan fingerprint density at radius 3 is 1.79 bits per heavy atom. The van der Waals surface area contributed by atoms with Crippen LogP contribution < -0.4 is 0 Å². The molecule has 1 unspecified atom stereocenters. The zero-order chi connectivity index (χ0) is 19.1. The van der Waals surface area contributed by atoms with Crippen LogP contribution in [0.3, 0.4) is 0 Å². The minimum Gasteiger partial charge on any atom is -0.548 e. The van der Waals surface area contributed by atoms with Crippen LogP contribution in [0.1, 0.15) is 68.7 Å². The van der Waals surface area contributed by atoms with Gasteiger partial charge in [0, 0.05) is 6.42 Å². The van der Waals surface area contributed by atoms with Gasteiger partial charge in [0.2, 0.25) is 0 Å². The summed E-state index contributed by atoms with van der Waals surface area (Å²) < 4.78 is 11.4. The Labute approximate surface area is 149 Å². The highest BCUT2D eigenvalue weighted by Crippen LogP contribution is 2.42. The molecule has 5 heteroatoms. The third kappa shape index (κ3) is 5.92. The lowest BCUT2D eigenvalue weighted by Crippen LogP contribution is -2.46. The van der Waals surface area contributed by atoms with Crippen molar-refractivity contribution in [3.63, 3.8) is 0 Å². The fourth-order valence-corrected chi connectivity index (χ4v) is 8.72. The van der Waals surface area contributed by atoms with Gasteiger partial charge >= 0.3 is 5.97 Å². The highest BCUT2D eigenvalue weighted by atomic mass is 28.4. The van der Waals surface area contributed by atoms with Crippen LogP contribution in [0.5, 0.6) is 0 Å². The van der Waals surface area contributed by atoms with Crippen molar-refractivity contribution in [2.24, 2.45) is 5.92 Å². The average molecular weight is 359 g/mol. The van der Waals surface area contributed by atoms with E-state index in [9.17, 15) is 9.90 Å². The maximum atomic E-state index is 11.7. The zero-order valence-corrected chi connectivity index (χ0v) is 18.1. The predicted octanol–water partition coefficient (Wildman–Crippen LogP) is 5.03. The second kappa shape index (κ2) is 10.2. The highest BCUT2D eigenvalue weighted by molar-refractivity contribution is 6.77. The highest BCUT2D eigenvalue weighted by Gasteiger charge is 2.46. The molecule has 0 aliphatic rings. The summed E-state index contributed by atoms with van der Waals surface area (Å²) in [6.07, 6.45) is 0.963. The molecule has 0 aliphatic carbocycles. The average Bonchev–Trinajstić information content (AvgIpc) is 2.45. The minimum absolute atomic E-state index is 0.201. The Morgan fingerprint density at radius 2 is 1.46 bits per heavy atom. The number of hydrogen-bond donors (Lipinski definition) is 1. The molecule has 0 heterocycles. The lowest BCUT2D eigenvalue weighted by molar-refractivity contribution is -0.152. The monoisotopic (exact) mass is 358 g/mol. The SMILES string of the molecule is CCOC(=O)C(O)C/C(=C/O[Si](C(C)C)(C(C)C)C(C)C)C(C)C. The van der Waals surface area contributed by atoms with E-state index in [1.807, 2.05) is 6.26 Å². The van der Waals surface area contributed by atoms with Crippen molar-refractivity contribution in [1.29, 1.82) is 0 Å². The fourth-order valence-electron chi connectivity index (χ4n) is 3.55. The largest absolute Gasteiger partial charge is 0.548 e. The van der Waals surface area contributed by atoms with Crippen molar-refractivity contribution in [3.05, 3.63) is 11.8 Å². The molecule has 0 saturated carbocycles. The van der Waals surface area contributed by atoms with Crippen molar-refractivity contribution < 1.29 is 19.1 Å². The summed E-state index contributed by atoms with van der Waals surface area (Å²) in [6.45, 7) is 19.5. The molecule has 0 aromatic heterocycles. The summed E-state index contributed by atoms with van der Waals surface area (Å²) in [5, 5.41) is 10.1. The number of carbonyl (C=O) groups excluding carboxylic acids is 1. The second-order valence-corrected chi connectivity index (χ2v) is 13.2. The first-order chi connectivity index (χ1) is 11.0. The summed E-state index contributed by atoms with van der Waals surface area (Å²) in [6, 6.07) is 0. The molecule has 0 amide bonds. The zero-order valence-electron chi connectivity index (χ0n) is 17.1. The van der Waals surface area contributed by atoms with E-state index < -0.39 is 20.4 Å².